The number of phenolic OH excluding ortho intramolecular Hbond substituents is 1. The molecule has 7 heteroatoms. The largest absolute Gasteiger partial charge is 0.508 e. The molecule has 0 radical (unpaired) electrons. The monoisotopic (exact) mass is 473 g/mol. The molecule has 1 aliphatic heterocycles. The molecule has 35 heavy (non-hydrogen) atoms. The lowest BCUT2D eigenvalue weighted by molar-refractivity contribution is 0.0937. The zero-order valence-corrected chi connectivity index (χ0v) is 19.4. The van der Waals surface area contributed by atoms with E-state index in [0.29, 0.717) is 34.6 Å². The molecule has 1 amide bonds. The molecule has 5 rings (SSSR count). The van der Waals surface area contributed by atoms with Crippen LogP contribution in [0.2, 0.25) is 0 Å². The van der Waals surface area contributed by atoms with Gasteiger partial charge < -0.3 is 15.3 Å². The Labute approximate surface area is 202 Å². The molecule has 1 aromatic heterocycles. The van der Waals surface area contributed by atoms with Crippen molar-refractivity contribution in [3.05, 3.63) is 94.3 Å². The van der Waals surface area contributed by atoms with E-state index in [1.165, 1.54) is 30.3 Å². The second kappa shape index (κ2) is 9.12. The molecule has 0 spiro atoms. The van der Waals surface area contributed by atoms with Crippen LogP contribution in [0.4, 0.5) is 8.78 Å². The van der Waals surface area contributed by atoms with Gasteiger partial charge in [-0.25, -0.2) is 13.8 Å². The molecule has 0 bridgehead atoms. The number of piperidine rings is 1. The number of rotatable bonds is 4. The van der Waals surface area contributed by atoms with E-state index in [9.17, 15) is 18.7 Å². The summed E-state index contributed by atoms with van der Waals surface area (Å²) in [5.74, 6) is 6.51. The lowest BCUT2D eigenvalue weighted by atomic mass is 9.97. The SMILES string of the molecule is Cc1cc(C#CC2[C@H]3CN(C)C[C@@H]23)cc(C(=O)NC(c2ccc(F)cc2)c2cc(F)ccc2O)n1. The van der Waals surface area contributed by atoms with Crippen molar-refractivity contribution in [2.24, 2.45) is 17.8 Å². The number of hydrogen-bond donors (Lipinski definition) is 2. The summed E-state index contributed by atoms with van der Waals surface area (Å²) in [5.41, 5.74) is 2.15. The molecular weight excluding hydrogens is 448 g/mol. The van der Waals surface area contributed by atoms with Crippen LogP contribution in [-0.4, -0.2) is 41.0 Å². The smallest absolute Gasteiger partial charge is 0.270 e. The van der Waals surface area contributed by atoms with E-state index in [1.807, 2.05) is 6.07 Å². The third kappa shape index (κ3) is 4.89. The molecule has 2 heterocycles. The Morgan fingerprint density at radius 2 is 1.77 bits per heavy atom. The van der Waals surface area contributed by atoms with E-state index in [4.69, 9.17) is 0 Å². The van der Waals surface area contributed by atoms with E-state index >= 15 is 0 Å². The molecule has 1 aliphatic carbocycles. The number of carbonyl (C=O) groups excluding carboxylic acids is 1. The van der Waals surface area contributed by atoms with Gasteiger partial charge in [0.1, 0.15) is 23.1 Å². The van der Waals surface area contributed by atoms with E-state index in [0.717, 1.165) is 25.2 Å². The number of aryl methyl sites for hydroxylation is 1. The number of fused-ring (bicyclic) bond motifs is 1. The summed E-state index contributed by atoms with van der Waals surface area (Å²) < 4.78 is 27.5. The summed E-state index contributed by atoms with van der Waals surface area (Å²) in [4.78, 5) is 19.9. The molecule has 4 atom stereocenters. The average molecular weight is 474 g/mol. The Morgan fingerprint density at radius 1 is 1.09 bits per heavy atom. The highest BCUT2D eigenvalue weighted by molar-refractivity contribution is 5.93. The zero-order chi connectivity index (χ0) is 24.7. The fourth-order valence-corrected chi connectivity index (χ4v) is 4.93. The van der Waals surface area contributed by atoms with E-state index in [1.54, 1.807) is 13.0 Å². The summed E-state index contributed by atoms with van der Waals surface area (Å²) in [6, 6.07) is 11.5. The molecule has 2 unspecified atom stereocenters. The van der Waals surface area contributed by atoms with Gasteiger partial charge in [0.15, 0.2) is 0 Å². The molecule has 178 valence electrons. The normalized spacial score (nSPS) is 21.5. The van der Waals surface area contributed by atoms with Crippen molar-refractivity contribution < 1.29 is 18.7 Å². The number of carbonyl (C=O) groups is 1. The van der Waals surface area contributed by atoms with Crippen LogP contribution in [0.25, 0.3) is 0 Å². The van der Waals surface area contributed by atoms with Gasteiger partial charge in [0.2, 0.25) is 0 Å². The molecule has 2 aromatic carbocycles. The lowest BCUT2D eigenvalue weighted by Gasteiger charge is -2.21. The third-order valence-electron chi connectivity index (χ3n) is 6.73. The molecule has 2 aliphatic rings. The lowest BCUT2D eigenvalue weighted by Crippen LogP contribution is -2.30. The van der Waals surface area contributed by atoms with Gasteiger partial charge in [0.25, 0.3) is 5.91 Å². The first-order chi connectivity index (χ1) is 16.8. The second-order valence-corrected chi connectivity index (χ2v) is 9.39. The fraction of sp³-hybridized carbons (Fsp3) is 0.286. The highest BCUT2D eigenvalue weighted by Crippen LogP contribution is 2.50. The fourth-order valence-electron chi connectivity index (χ4n) is 4.93. The van der Waals surface area contributed by atoms with Crippen LogP contribution in [0.15, 0.2) is 54.6 Å². The van der Waals surface area contributed by atoms with Gasteiger partial charge in [-0.1, -0.05) is 24.0 Å². The number of hydrogen-bond acceptors (Lipinski definition) is 4. The first-order valence-electron chi connectivity index (χ1n) is 11.5. The number of aromatic hydroxyl groups is 1. The van der Waals surface area contributed by atoms with E-state index < -0.39 is 23.6 Å². The Morgan fingerprint density at radius 3 is 2.49 bits per heavy atom. The Balaban J connectivity index is 1.41. The van der Waals surface area contributed by atoms with Crippen LogP contribution in [0.1, 0.15) is 38.9 Å². The quantitative estimate of drug-likeness (QED) is 0.561. The summed E-state index contributed by atoms with van der Waals surface area (Å²) in [7, 11) is 2.12. The average Bonchev–Trinajstić information content (AvgIpc) is 3.29. The number of pyridine rings is 1. The molecule has 3 aromatic rings. The number of benzene rings is 2. The topological polar surface area (TPSA) is 65.5 Å². The number of halogens is 2. The number of phenols is 1. The molecule has 5 nitrogen and oxygen atoms in total. The maximum atomic E-state index is 14.0. The number of amides is 1. The zero-order valence-electron chi connectivity index (χ0n) is 19.4. The van der Waals surface area contributed by atoms with Gasteiger partial charge in [-0.3, -0.25) is 4.79 Å². The van der Waals surface area contributed by atoms with Crippen molar-refractivity contribution in [1.29, 1.82) is 0 Å². The van der Waals surface area contributed by atoms with Gasteiger partial charge >= 0.3 is 0 Å². The molecule has 1 saturated carbocycles. The highest BCUT2D eigenvalue weighted by atomic mass is 19.1. The van der Waals surface area contributed by atoms with E-state index in [2.05, 4.69) is 34.1 Å². The van der Waals surface area contributed by atoms with Gasteiger partial charge in [-0.2, -0.15) is 0 Å². The first kappa shape index (κ1) is 23.0. The summed E-state index contributed by atoms with van der Waals surface area (Å²) >= 11 is 0. The second-order valence-electron chi connectivity index (χ2n) is 9.39. The summed E-state index contributed by atoms with van der Waals surface area (Å²) in [6.45, 7) is 3.94. The Kier molecular flexibility index (Phi) is 6.00. The maximum absolute atomic E-state index is 14.0. The third-order valence-corrected chi connectivity index (χ3v) is 6.73. The highest BCUT2D eigenvalue weighted by Gasteiger charge is 2.53. The maximum Gasteiger partial charge on any atom is 0.270 e. The van der Waals surface area contributed by atoms with Crippen molar-refractivity contribution >= 4 is 5.91 Å². The van der Waals surface area contributed by atoms with Crippen molar-refractivity contribution in [3.63, 3.8) is 0 Å². The predicted molar refractivity (Wildman–Crippen MR) is 128 cm³/mol. The first-order valence-corrected chi connectivity index (χ1v) is 11.5. The minimum Gasteiger partial charge on any atom is -0.508 e. The predicted octanol–water partition coefficient (Wildman–Crippen LogP) is 4.05. The molecular formula is C28H25F2N3O2. The van der Waals surface area contributed by atoms with Crippen LogP contribution < -0.4 is 5.32 Å². The molecule has 2 N–H and O–H groups in total. The Bertz CT molecular complexity index is 1330. The number of aromatic nitrogens is 1. The van der Waals surface area contributed by atoms with Crippen LogP contribution in [-0.2, 0) is 0 Å². The number of nitrogens with zero attached hydrogens (tertiary/aromatic N) is 2. The van der Waals surface area contributed by atoms with Crippen molar-refractivity contribution in [1.82, 2.24) is 15.2 Å². The Hall–Kier alpha value is -3.76. The van der Waals surface area contributed by atoms with Crippen LogP contribution in [0.5, 0.6) is 5.75 Å². The summed E-state index contributed by atoms with van der Waals surface area (Å²) in [6.07, 6.45) is 0. The van der Waals surface area contributed by atoms with Crippen molar-refractivity contribution in [2.45, 2.75) is 13.0 Å². The van der Waals surface area contributed by atoms with Gasteiger partial charge in [0.05, 0.1) is 6.04 Å². The number of nitrogens with one attached hydrogen (secondary N) is 1. The minimum absolute atomic E-state index is 0.155. The minimum atomic E-state index is -0.918. The van der Waals surface area contributed by atoms with Crippen LogP contribution in [0.3, 0.4) is 0 Å². The van der Waals surface area contributed by atoms with Crippen molar-refractivity contribution in [3.8, 4) is 17.6 Å². The van der Waals surface area contributed by atoms with E-state index in [-0.39, 0.29) is 17.0 Å². The number of likely N-dealkylation sites (tertiary alicyclic amines) is 1. The van der Waals surface area contributed by atoms with Crippen LogP contribution >= 0.6 is 0 Å². The van der Waals surface area contributed by atoms with Crippen molar-refractivity contribution in [2.75, 3.05) is 20.1 Å². The van der Waals surface area contributed by atoms with Gasteiger partial charge in [-0.05, 0) is 73.8 Å². The standard InChI is InChI=1S/C28H25F2N3O2/c1-16-11-17(3-9-21-23-14-33(2)15-24(21)23)12-25(31-16)28(35)32-27(18-4-6-19(29)7-5-18)22-13-20(30)8-10-26(22)34/h4-8,10-13,21,23-24,27,34H,14-15H2,1-2H3,(H,32,35)/t21?,23-,24+,27?. The van der Waals surface area contributed by atoms with Gasteiger partial charge in [0, 0.05) is 35.8 Å². The summed E-state index contributed by atoms with van der Waals surface area (Å²) in [5, 5.41) is 13.2. The molecule has 1 saturated heterocycles. The van der Waals surface area contributed by atoms with Gasteiger partial charge in [-0.15, -0.1) is 0 Å². The van der Waals surface area contributed by atoms with Crippen LogP contribution in [0, 0.1) is 48.2 Å². The molecule has 2 fully saturated rings.